The zero-order chi connectivity index (χ0) is 20.5. The zero-order valence-corrected chi connectivity index (χ0v) is 16.8. The Morgan fingerprint density at radius 1 is 1.00 bits per heavy atom. The van der Waals surface area contributed by atoms with Gasteiger partial charge in [-0.3, -0.25) is 9.59 Å². The molecule has 4 nitrogen and oxygen atoms in total. The van der Waals surface area contributed by atoms with Gasteiger partial charge >= 0.3 is 0 Å². The first-order chi connectivity index (χ1) is 13.4. The standard InChI is InChI=1S/C23H29FN2O2/c1-17(2)16-25-23(28)18(3)26(14-13-19-9-5-4-6-10-19)22(27)15-20-11-7-8-12-21(20)24/h4-12,17-18H,13-16H2,1-3H3,(H,25,28)/t18-/m0/s1. The van der Waals surface area contributed by atoms with Crippen molar-refractivity contribution in [1.82, 2.24) is 10.2 Å². The maximum atomic E-state index is 14.0. The summed E-state index contributed by atoms with van der Waals surface area (Å²) < 4.78 is 14.0. The highest BCUT2D eigenvalue weighted by Gasteiger charge is 2.26. The molecule has 0 fully saturated rings. The minimum absolute atomic E-state index is 0.0662. The van der Waals surface area contributed by atoms with E-state index in [-0.39, 0.29) is 18.2 Å². The van der Waals surface area contributed by atoms with Crippen molar-refractivity contribution in [3.63, 3.8) is 0 Å². The Kier molecular flexibility index (Phi) is 8.18. The molecule has 2 aromatic rings. The van der Waals surface area contributed by atoms with Crippen LogP contribution in [0.1, 0.15) is 31.9 Å². The molecule has 2 amide bonds. The van der Waals surface area contributed by atoms with Gasteiger partial charge < -0.3 is 10.2 Å². The molecule has 5 heteroatoms. The molecule has 0 heterocycles. The van der Waals surface area contributed by atoms with Crippen LogP contribution in [0.2, 0.25) is 0 Å². The number of amides is 2. The van der Waals surface area contributed by atoms with Crippen molar-refractivity contribution >= 4 is 11.8 Å². The van der Waals surface area contributed by atoms with Gasteiger partial charge in [0.25, 0.3) is 0 Å². The molecule has 150 valence electrons. The van der Waals surface area contributed by atoms with Crippen molar-refractivity contribution < 1.29 is 14.0 Å². The van der Waals surface area contributed by atoms with E-state index >= 15 is 0 Å². The van der Waals surface area contributed by atoms with Crippen LogP contribution in [0.3, 0.4) is 0 Å². The first-order valence-corrected chi connectivity index (χ1v) is 9.73. The quantitative estimate of drug-likeness (QED) is 0.718. The highest BCUT2D eigenvalue weighted by atomic mass is 19.1. The fourth-order valence-electron chi connectivity index (χ4n) is 2.93. The average Bonchev–Trinajstić information content (AvgIpc) is 2.68. The predicted molar refractivity (Wildman–Crippen MR) is 109 cm³/mol. The van der Waals surface area contributed by atoms with E-state index < -0.39 is 11.9 Å². The topological polar surface area (TPSA) is 49.4 Å². The number of benzene rings is 2. The number of hydrogen-bond acceptors (Lipinski definition) is 2. The number of nitrogens with zero attached hydrogens (tertiary/aromatic N) is 1. The molecule has 0 bridgehead atoms. The number of nitrogens with one attached hydrogen (secondary N) is 1. The van der Waals surface area contributed by atoms with Crippen molar-refractivity contribution in [2.75, 3.05) is 13.1 Å². The smallest absolute Gasteiger partial charge is 0.242 e. The van der Waals surface area contributed by atoms with Crippen LogP contribution in [0.4, 0.5) is 4.39 Å². The van der Waals surface area contributed by atoms with Crippen LogP contribution in [-0.4, -0.2) is 35.8 Å². The Balaban J connectivity index is 2.13. The fraction of sp³-hybridized carbons (Fsp3) is 0.391. The van der Waals surface area contributed by atoms with Crippen LogP contribution in [0.25, 0.3) is 0 Å². The SMILES string of the molecule is CC(C)CNC(=O)[C@H](C)N(CCc1ccccc1)C(=O)Cc1ccccc1F. The van der Waals surface area contributed by atoms with Gasteiger partial charge in [0.2, 0.25) is 11.8 Å². The van der Waals surface area contributed by atoms with E-state index in [4.69, 9.17) is 0 Å². The second kappa shape index (κ2) is 10.6. The summed E-state index contributed by atoms with van der Waals surface area (Å²) in [5.41, 5.74) is 1.42. The van der Waals surface area contributed by atoms with Gasteiger partial charge in [-0.2, -0.15) is 0 Å². The van der Waals surface area contributed by atoms with Gasteiger partial charge in [-0.1, -0.05) is 62.4 Å². The van der Waals surface area contributed by atoms with E-state index in [0.29, 0.717) is 31.0 Å². The van der Waals surface area contributed by atoms with Crippen LogP contribution in [-0.2, 0) is 22.4 Å². The molecule has 2 aromatic carbocycles. The van der Waals surface area contributed by atoms with Crippen molar-refractivity contribution in [2.24, 2.45) is 5.92 Å². The summed E-state index contributed by atoms with van der Waals surface area (Å²) in [6.45, 7) is 6.70. The molecular weight excluding hydrogens is 355 g/mol. The fourth-order valence-corrected chi connectivity index (χ4v) is 2.93. The maximum Gasteiger partial charge on any atom is 0.242 e. The Labute approximate surface area is 166 Å². The Hall–Kier alpha value is -2.69. The molecule has 28 heavy (non-hydrogen) atoms. The van der Waals surface area contributed by atoms with E-state index in [1.807, 2.05) is 44.2 Å². The van der Waals surface area contributed by atoms with Crippen LogP contribution in [0.15, 0.2) is 54.6 Å². The summed E-state index contributed by atoms with van der Waals surface area (Å²) in [6, 6.07) is 15.4. The minimum Gasteiger partial charge on any atom is -0.354 e. The van der Waals surface area contributed by atoms with E-state index in [2.05, 4.69) is 5.32 Å². The van der Waals surface area contributed by atoms with Crippen LogP contribution >= 0.6 is 0 Å². The predicted octanol–water partition coefficient (Wildman–Crippen LogP) is 3.60. The molecule has 0 aliphatic heterocycles. The first kappa shape index (κ1) is 21.6. The van der Waals surface area contributed by atoms with Gasteiger partial charge in [-0.05, 0) is 36.5 Å². The first-order valence-electron chi connectivity index (χ1n) is 9.73. The number of halogens is 1. The number of rotatable bonds is 9. The highest BCUT2D eigenvalue weighted by Crippen LogP contribution is 2.12. The van der Waals surface area contributed by atoms with Gasteiger partial charge in [0.15, 0.2) is 0 Å². The summed E-state index contributed by atoms with van der Waals surface area (Å²) in [6.07, 6.45) is 0.564. The van der Waals surface area contributed by atoms with Gasteiger partial charge in [0.1, 0.15) is 11.9 Å². The molecule has 0 spiro atoms. The summed E-state index contributed by atoms with van der Waals surface area (Å²) >= 11 is 0. The third-order valence-electron chi connectivity index (χ3n) is 4.64. The van der Waals surface area contributed by atoms with Crippen molar-refractivity contribution in [1.29, 1.82) is 0 Å². The van der Waals surface area contributed by atoms with Crippen molar-refractivity contribution in [2.45, 2.75) is 39.7 Å². The Morgan fingerprint density at radius 3 is 2.29 bits per heavy atom. The lowest BCUT2D eigenvalue weighted by Crippen LogP contribution is -2.49. The summed E-state index contributed by atoms with van der Waals surface area (Å²) in [5, 5.41) is 2.88. The molecule has 1 atom stereocenters. The van der Waals surface area contributed by atoms with E-state index in [0.717, 1.165) is 5.56 Å². The summed E-state index contributed by atoms with van der Waals surface area (Å²) in [7, 11) is 0. The number of hydrogen-bond donors (Lipinski definition) is 1. The number of carbonyl (C=O) groups excluding carboxylic acids is 2. The molecule has 0 saturated carbocycles. The minimum atomic E-state index is -0.623. The summed E-state index contributed by atoms with van der Waals surface area (Å²) in [5.74, 6) is -0.532. The molecule has 1 N–H and O–H groups in total. The van der Waals surface area contributed by atoms with Crippen LogP contribution in [0.5, 0.6) is 0 Å². The molecule has 2 rings (SSSR count). The van der Waals surface area contributed by atoms with E-state index in [9.17, 15) is 14.0 Å². The molecule has 0 aliphatic rings. The van der Waals surface area contributed by atoms with Gasteiger partial charge in [0, 0.05) is 13.1 Å². The normalized spacial score (nSPS) is 11.9. The maximum absolute atomic E-state index is 14.0. The molecule has 0 saturated heterocycles. The third kappa shape index (κ3) is 6.48. The molecule has 0 aromatic heterocycles. The van der Waals surface area contributed by atoms with E-state index in [1.54, 1.807) is 30.0 Å². The van der Waals surface area contributed by atoms with Crippen LogP contribution in [0, 0.1) is 11.7 Å². The van der Waals surface area contributed by atoms with Crippen molar-refractivity contribution in [3.8, 4) is 0 Å². The van der Waals surface area contributed by atoms with Crippen molar-refractivity contribution in [3.05, 3.63) is 71.5 Å². The van der Waals surface area contributed by atoms with Gasteiger partial charge in [-0.25, -0.2) is 4.39 Å². The lowest BCUT2D eigenvalue weighted by Gasteiger charge is -2.29. The average molecular weight is 384 g/mol. The van der Waals surface area contributed by atoms with E-state index in [1.165, 1.54) is 6.07 Å². The summed E-state index contributed by atoms with van der Waals surface area (Å²) in [4.78, 5) is 27.0. The molecule has 0 unspecified atom stereocenters. The molecule has 0 radical (unpaired) electrons. The number of carbonyl (C=O) groups is 2. The largest absolute Gasteiger partial charge is 0.354 e. The second-order valence-electron chi connectivity index (χ2n) is 7.41. The van der Waals surface area contributed by atoms with Crippen LogP contribution < -0.4 is 5.32 Å². The highest BCUT2D eigenvalue weighted by molar-refractivity contribution is 5.88. The Morgan fingerprint density at radius 2 is 1.64 bits per heavy atom. The second-order valence-corrected chi connectivity index (χ2v) is 7.41. The lowest BCUT2D eigenvalue weighted by molar-refractivity contribution is -0.139. The lowest BCUT2D eigenvalue weighted by atomic mass is 10.1. The molecular formula is C23H29FN2O2. The zero-order valence-electron chi connectivity index (χ0n) is 16.8. The monoisotopic (exact) mass is 384 g/mol. The van der Waals surface area contributed by atoms with Gasteiger partial charge in [0.05, 0.1) is 6.42 Å². The van der Waals surface area contributed by atoms with Gasteiger partial charge in [-0.15, -0.1) is 0 Å². The Bertz CT molecular complexity index is 777. The third-order valence-corrected chi connectivity index (χ3v) is 4.64. The molecule has 0 aliphatic carbocycles.